The first kappa shape index (κ1) is 21.8. The fourth-order valence-corrected chi connectivity index (χ4v) is 2.40. The number of aromatic hydroxyl groups is 1. The van der Waals surface area contributed by atoms with E-state index in [2.05, 4.69) is 15.5 Å². The van der Waals surface area contributed by atoms with Crippen LogP contribution in [0.3, 0.4) is 0 Å². The molecule has 2 aromatic rings. The zero-order valence-electron chi connectivity index (χ0n) is 16.5. The number of ether oxygens (including phenoxy) is 1. The molecule has 2 rings (SSSR count). The van der Waals surface area contributed by atoms with Crippen molar-refractivity contribution >= 4 is 23.4 Å². The molecule has 0 atom stereocenters. The zero-order valence-corrected chi connectivity index (χ0v) is 16.5. The maximum atomic E-state index is 11.9. The summed E-state index contributed by atoms with van der Waals surface area (Å²) in [5, 5.41) is 29.6. The molecule has 0 aliphatic rings. The fourth-order valence-electron chi connectivity index (χ4n) is 2.40. The fraction of sp³-hybridized carbons (Fsp3) is 0.300. The summed E-state index contributed by atoms with van der Waals surface area (Å²) in [6.45, 7) is 3.25. The molecular weight excluding hydrogens is 376 g/mol. The summed E-state index contributed by atoms with van der Waals surface area (Å²) in [7, 11) is 3.49. The van der Waals surface area contributed by atoms with Crippen molar-refractivity contribution in [2.75, 3.05) is 27.2 Å². The Kier molecular flexibility index (Phi) is 7.67. The Labute approximate surface area is 168 Å². The molecule has 0 fully saturated rings. The van der Waals surface area contributed by atoms with Crippen LogP contribution in [0.4, 0.5) is 16.2 Å². The molecule has 0 radical (unpaired) electrons. The number of hydrogen-bond donors (Lipinski definition) is 3. The number of amides is 1. The van der Waals surface area contributed by atoms with Gasteiger partial charge in [0.15, 0.2) is 0 Å². The zero-order chi connectivity index (χ0) is 21.4. The van der Waals surface area contributed by atoms with Gasteiger partial charge in [-0.15, -0.1) is 0 Å². The summed E-state index contributed by atoms with van der Waals surface area (Å²) in [5.74, 6) is -1.58. The number of likely N-dealkylation sites (N-methyl/N-ethyl adjacent to an activating group) is 2. The second-order valence-corrected chi connectivity index (χ2v) is 6.40. The molecule has 2 aromatic carbocycles. The molecule has 0 heterocycles. The highest BCUT2D eigenvalue weighted by atomic mass is 16.6. The van der Waals surface area contributed by atoms with Gasteiger partial charge in [0.2, 0.25) is 0 Å². The third kappa shape index (κ3) is 6.28. The summed E-state index contributed by atoms with van der Waals surface area (Å²) < 4.78 is 5.31. The quantitative estimate of drug-likeness (QED) is 0.582. The number of azo groups is 1. The molecule has 0 unspecified atom stereocenters. The minimum atomic E-state index is -1.24. The molecule has 1 amide bonds. The topological polar surface area (TPSA) is 124 Å². The number of nitrogens with one attached hydrogen (secondary N) is 1. The molecule has 3 N–H and O–H groups in total. The first-order valence-electron chi connectivity index (χ1n) is 8.92. The summed E-state index contributed by atoms with van der Waals surface area (Å²) >= 11 is 0. The molecule has 0 spiro atoms. The van der Waals surface area contributed by atoms with E-state index >= 15 is 0 Å². The van der Waals surface area contributed by atoms with Crippen molar-refractivity contribution in [3.8, 4) is 5.75 Å². The van der Waals surface area contributed by atoms with Crippen molar-refractivity contribution in [1.29, 1.82) is 0 Å². The predicted molar refractivity (Wildman–Crippen MR) is 107 cm³/mol. The average Bonchev–Trinajstić information content (AvgIpc) is 2.70. The van der Waals surface area contributed by atoms with Gasteiger partial charge in [0, 0.05) is 20.1 Å². The number of nitrogens with zero attached hydrogens (tertiary/aromatic N) is 3. The maximum Gasteiger partial charge on any atom is 0.409 e. The number of aryl methyl sites for hydroxylation is 1. The minimum Gasteiger partial charge on any atom is -0.507 e. The van der Waals surface area contributed by atoms with E-state index in [0.717, 1.165) is 11.1 Å². The van der Waals surface area contributed by atoms with Crippen LogP contribution in [0.2, 0.25) is 0 Å². The van der Waals surface area contributed by atoms with Crippen molar-refractivity contribution in [2.24, 2.45) is 10.2 Å². The van der Waals surface area contributed by atoms with Crippen molar-refractivity contribution < 1.29 is 24.5 Å². The third-order valence-electron chi connectivity index (χ3n) is 4.18. The van der Waals surface area contributed by atoms with Gasteiger partial charge in [0.05, 0.1) is 11.4 Å². The highest BCUT2D eigenvalue weighted by molar-refractivity contribution is 5.91. The normalized spacial score (nSPS) is 10.9. The number of rotatable bonds is 8. The predicted octanol–water partition coefficient (Wildman–Crippen LogP) is 3.60. The number of aromatic carboxylic acids is 1. The minimum absolute atomic E-state index is 0.145. The Morgan fingerprint density at radius 1 is 1.14 bits per heavy atom. The lowest BCUT2D eigenvalue weighted by molar-refractivity contribution is 0.0693. The molecule has 9 nitrogen and oxygen atoms in total. The molecule has 0 aliphatic carbocycles. The Morgan fingerprint density at radius 3 is 2.41 bits per heavy atom. The van der Waals surface area contributed by atoms with E-state index < -0.39 is 12.1 Å². The number of phenols is 1. The summed E-state index contributed by atoms with van der Waals surface area (Å²) in [5.41, 5.74) is 2.35. The first-order chi connectivity index (χ1) is 13.8. The molecule has 154 valence electrons. The average molecular weight is 400 g/mol. The van der Waals surface area contributed by atoms with E-state index in [1.54, 1.807) is 25.2 Å². The van der Waals surface area contributed by atoms with Crippen LogP contribution < -0.4 is 5.32 Å². The second kappa shape index (κ2) is 10.2. The van der Waals surface area contributed by atoms with Crippen LogP contribution >= 0.6 is 0 Å². The van der Waals surface area contributed by atoms with Crippen molar-refractivity contribution in [1.82, 2.24) is 10.2 Å². The first-order valence-corrected chi connectivity index (χ1v) is 8.92. The van der Waals surface area contributed by atoms with E-state index in [-0.39, 0.29) is 17.9 Å². The van der Waals surface area contributed by atoms with Gasteiger partial charge in [-0.1, -0.05) is 6.07 Å². The van der Waals surface area contributed by atoms with Crippen LogP contribution in [0.5, 0.6) is 5.75 Å². The van der Waals surface area contributed by atoms with Crippen LogP contribution in [0, 0.1) is 6.92 Å². The molecule has 0 aromatic heterocycles. The lowest BCUT2D eigenvalue weighted by Gasteiger charge is -2.17. The lowest BCUT2D eigenvalue weighted by Crippen LogP contribution is -2.33. The molecular formula is C20H24N4O5. The summed E-state index contributed by atoms with van der Waals surface area (Å²) in [4.78, 5) is 24.5. The molecule has 0 aliphatic heterocycles. The molecule has 9 heteroatoms. The van der Waals surface area contributed by atoms with E-state index in [1.807, 2.05) is 14.0 Å². The molecule has 0 bridgehead atoms. The highest BCUT2D eigenvalue weighted by Crippen LogP contribution is 2.26. The van der Waals surface area contributed by atoms with Crippen molar-refractivity contribution in [3.63, 3.8) is 0 Å². The largest absolute Gasteiger partial charge is 0.507 e. The van der Waals surface area contributed by atoms with E-state index in [9.17, 15) is 14.7 Å². The van der Waals surface area contributed by atoms with Gasteiger partial charge in [-0.25, -0.2) is 9.59 Å². The van der Waals surface area contributed by atoms with Gasteiger partial charge in [-0.3, -0.25) is 0 Å². The summed E-state index contributed by atoms with van der Waals surface area (Å²) in [6, 6.07) is 9.28. The van der Waals surface area contributed by atoms with Gasteiger partial charge < -0.3 is 25.2 Å². The van der Waals surface area contributed by atoms with Gasteiger partial charge in [-0.05, 0) is 55.4 Å². The Balaban J connectivity index is 2.02. The third-order valence-corrected chi connectivity index (χ3v) is 4.18. The van der Waals surface area contributed by atoms with Crippen LogP contribution in [-0.4, -0.2) is 54.4 Å². The number of carbonyl (C=O) groups excluding carboxylic acids is 1. The monoisotopic (exact) mass is 400 g/mol. The second-order valence-electron chi connectivity index (χ2n) is 6.40. The van der Waals surface area contributed by atoms with Gasteiger partial charge in [0.1, 0.15) is 17.9 Å². The Bertz CT molecular complexity index is 914. The number of benzene rings is 2. The smallest absolute Gasteiger partial charge is 0.409 e. The molecule has 29 heavy (non-hydrogen) atoms. The maximum absolute atomic E-state index is 11.9. The number of hydrogen-bond acceptors (Lipinski definition) is 7. The van der Waals surface area contributed by atoms with E-state index in [4.69, 9.17) is 9.84 Å². The standard InChI is InChI=1S/C20H24N4O5/c1-13-10-15(22-23-16-6-7-18(25)17(11-16)19(26)27)5-4-14(13)12-29-20(28)24(3)9-8-21-2/h4-7,10-11,21,25H,8-9,12H2,1-3H3,(H,26,27). The van der Waals surface area contributed by atoms with E-state index in [1.165, 1.54) is 23.1 Å². The Morgan fingerprint density at radius 2 is 1.79 bits per heavy atom. The van der Waals surface area contributed by atoms with Crippen molar-refractivity contribution in [3.05, 3.63) is 53.1 Å². The molecule has 0 saturated carbocycles. The highest BCUT2D eigenvalue weighted by Gasteiger charge is 2.11. The van der Waals surface area contributed by atoms with Gasteiger partial charge >= 0.3 is 12.1 Å². The van der Waals surface area contributed by atoms with Gasteiger partial charge in [0.25, 0.3) is 0 Å². The van der Waals surface area contributed by atoms with Crippen molar-refractivity contribution in [2.45, 2.75) is 13.5 Å². The summed E-state index contributed by atoms with van der Waals surface area (Å²) in [6.07, 6.45) is -0.398. The van der Waals surface area contributed by atoms with E-state index in [0.29, 0.717) is 24.5 Å². The number of carboxylic acids is 1. The van der Waals surface area contributed by atoms with Crippen LogP contribution in [0.25, 0.3) is 0 Å². The van der Waals surface area contributed by atoms with Crippen LogP contribution in [0.1, 0.15) is 21.5 Å². The van der Waals surface area contributed by atoms with Crippen LogP contribution in [0.15, 0.2) is 46.6 Å². The lowest BCUT2D eigenvalue weighted by atomic mass is 10.1. The number of carboxylic acid groups (broad SMARTS) is 1. The van der Waals surface area contributed by atoms with Crippen LogP contribution in [-0.2, 0) is 11.3 Å². The number of carbonyl (C=O) groups is 2. The molecule has 0 saturated heterocycles. The van der Waals surface area contributed by atoms with Gasteiger partial charge in [-0.2, -0.15) is 10.2 Å². The SMILES string of the molecule is CNCCN(C)C(=O)OCc1ccc(N=Nc2ccc(O)c(C(=O)O)c2)cc1C. The Hall–Kier alpha value is -3.46.